The van der Waals surface area contributed by atoms with E-state index in [0.29, 0.717) is 12.2 Å². The molecule has 4 aromatic rings. The molecule has 1 N–H and O–H groups in total. The molecule has 158 valence electrons. The van der Waals surface area contributed by atoms with Gasteiger partial charge in [0.2, 0.25) is 0 Å². The number of aromatic carboxylic acids is 1. The van der Waals surface area contributed by atoms with Gasteiger partial charge in [-0.1, -0.05) is 78.4 Å². The zero-order valence-electron chi connectivity index (χ0n) is 17.9. The van der Waals surface area contributed by atoms with E-state index in [1.807, 2.05) is 24.3 Å². The van der Waals surface area contributed by atoms with Crippen molar-refractivity contribution >= 4 is 5.97 Å². The first-order valence-corrected chi connectivity index (χ1v) is 10.8. The predicted octanol–water partition coefficient (Wildman–Crippen LogP) is 6.75. The van der Waals surface area contributed by atoms with Crippen LogP contribution in [-0.4, -0.2) is 17.7 Å². The largest absolute Gasteiger partial charge is 0.493 e. The number of rotatable bonds is 4. The topological polar surface area (TPSA) is 46.5 Å². The standard InChI is InChI=1S/C29H24O3/c1-19-6-4-7-20(14-19)21-8-5-9-22(15-21)25-17-24-16-23(12-13-28(24)32-18-25)26-10-2-3-11-27(26)29(30)31/h2-16,25H,17-18H2,1H3,(H,30,31). The molecule has 5 rings (SSSR count). The predicted molar refractivity (Wildman–Crippen MR) is 127 cm³/mol. The minimum absolute atomic E-state index is 0.247. The Balaban J connectivity index is 1.46. The van der Waals surface area contributed by atoms with Crippen molar-refractivity contribution < 1.29 is 14.6 Å². The fraction of sp³-hybridized carbons (Fsp3) is 0.138. The van der Waals surface area contributed by atoms with Gasteiger partial charge in [-0.15, -0.1) is 0 Å². The van der Waals surface area contributed by atoms with Gasteiger partial charge in [0.1, 0.15) is 5.75 Å². The van der Waals surface area contributed by atoms with E-state index < -0.39 is 5.97 Å². The minimum Gasteiger partial charge on any atom is -0.493 e. The smallest absolute Gasteiger partial charge is 0.336 e. The van der Waals surface area contributed by atoms with Gasteiger partial charge in [-0.05, 0) is 64.9 Å². The van der Waals surface area contributed by atoms with E-state index in [1.165, 1.54) is 22.3 Å². The fourth-order valence-electron chi connectivity index (χ4n) is 4.49. The van der Waals surface area contributed by atoms with Gasteiger partial charge in [0.25, 0.3) is 0 Å². The summed E-state index contributed by atoms with van der Waals surface area (Å²) in [6.45, 7) is 2.74. The maximum Gasteiger partial charge on any atom is 0.336 e. The average Bonchev–Trinajstić information content (AvgIpc) is 2.83. The van der Waals surface area contributed by atoms with Gasteiger partial charge < -0.3 is 9.84 Å². The molecule has 1 unspecified atom stereocenters. The van der Waals surface area contributed by atoms with Gasteiger partial charge in [-0.2, -0.15) is 0 Å². The first kappa shape index (κ1) is 20.1. The van der Waals surface area contributed by atoms with Crippen LogP contribution in [0.1, 0.15) is 33.0 Å². The molecule has 3 heteroatoms. The number of carboxylic acid groups (broad SMARTS) is 1. The maximum atomic E-state index is 11.7. The van der Waals surface area contributed by atoms with Crippen molar-refractivity contribution in [2.75, 3.05) is 6.61 Å². The first-order valence-electron chi connectivity index (χ1n) is 10.8. The second kappa shape index (κ2) is 8.35. The Morgan fingerprint density at radius 1 is 0.844 bits per heavy atom. The Kier molecular flexibility index (Phi) is 5.24. The van der Waals surface area contributed by atoms with Crippen LogP contribution in [0, 0.1) is 6.92 Å². The number of aryl methyl sites for hydroxylation is 1. The van der Waals surface area contributed by atoms with Crippen LogP contribution >= 0.6 is 0 Å². The molecule has 0 saturated carbocycles. The lowest BCUT2D eigenvalue weighted by Crippen LogP contribution is -2.19. The highest BCUT2D eigenvalue weighted by molar-refractivity contribution is 5.96. The molecule has 1 aliphatic rings. The van der Waals surface area contributed by atoms with Crippen LogP contribution in [0.2, 0.25) is 0 Å². The summed E-state index contributed by atoms with van der Waals surface area (Å²) >= 11 is 0. The van der Waals surface area contributed by atoms with Crippen molar-refractivity contribution in [3.05, 3.63) is 113 Å². The summed E-state index contributed by atoms with van der Waals surface area (Å²) in [4.78, 5) is 11.7. The van der Waals surface area contributed by atoms with E-state index >= 15 is 0 Å². The van der Waals surface area contributed by atoms with E-state index in [1.54, 1.807) is 12.1 Å². The van der Waals surface area contributed by atoms with Crippen molar-refractivity contribution in [2.24, 2.45) is 0 Å². The molecule has 0 radical (unpaired) electrons. The highest BCUT2D eigenvalue weighted by Crippen LogP contribution is 2.37. The zero-order chi connectivity index (χ0) is 22.1. The number of benzene rings is 4. The number of hydrogen-bond acceptors (Lipinski definition) is 2. The van der Waals surface area contributed by atoms with Gasteiger partial charge in [-0.25, -0.2) is 4.79 Å². The summed E-state index contributed by atoms with van der Waals surface area (Å²) in [7, 11) is 0. The SMILES string of the molecule is Cc1cccc(-c2cccc(C3COc4ccc(-c5ccccc5C(=O)O)cc4C3)c2)c1. The van der Waals surface area contributed by atoms with Crippen LogP contribution in [0.4, 0.5) is 0 Å². The highest BCUT2D eigenvalue weighted by Gasteiger charge is 2.23. The third kappa shape index (κ3) is 3.90. The summed E-state index contributed by atoms with van der Waals surface area (Å²) < 4.78 is 6.11. The lowest BCUT2D eigenvalue weighted by atomic mass is 9.87. The van der Waals surface area contributed by atoms with Crippen molar-refractivity contribution in [3.63, 3.8) is 0 Å². The minimum atomic E-state index is -0.916. The molecule has 1 aliphatic heterocycles. The quantitative estimate of drug-likeness (QED) is 0.397. The molecule has 0 fully saturated rings. The van der Waals surface area contributed by atoms with Gasteiger partial charge in [-0.3, -0.25) is 0 Å². The van der Waals surface area contributed by atoms with Crippen LogP contribution in [0.5, 0.6) is 5.75 Å². The lowest BCUT2D eigenvalue weighted by Gasteiger charge is -2.26. The molecule has 1 heterocycles. The van der Waals surface area contributed by atoms with E-state index in [-0.39, 0.29) is 5.92 Å². The Bertz CT molecular complexity index is 1310. The molecule has 0 amide bonds. The molecule has 0 bridgehead atoms. The Morgan fingerprint density at radius 2 is 1.62 bits per heavy atom. The van der Waals surface area contributed by atoms with Crippen molar-refractivity contribution in [3.8, 4) is 28.0 Å². The van der Waals surface area contributed by atoms with Crippen LogP contribution in [0.15, 0.2) is 91.0 Å². The molecule has 0 saturated heterocycles. The summed E-state index contributed by atoms with van der Waals surface area (Å²) in [5.74, 6) is 0.213. The Hall–Kier alpha value is -3.85. The third-order valence-electron chi connectivity index (χ3n) is 6.14. The van der Waals surface area contributed by atoms with Gasteiger partial charge in [0.15, 0.2) is 0 Å². The molecule has 3 nitrogen and oxygen atoms in total. The van der Waals surface area contributed by atoms with Crippen LogP contribution < -0.4 is 4.74 Å². The van der Waals surface area contributed by atoms with Gasteiger partial charge >= 0.3 is 5.97 Å². The highest BCUT2D eigenvalue weighted by atomic mass is 16.5. The molecular formula is C29H24O3. The lowest BCUT2D eigenvalue weighted by molar-refractivity contribution is 0.0697. The Morgan fingerprint density at radius 3 is 2.44 bits per heavy atom. The Labute approximate surface area is 187 Å². The van der Waals surface area contributed by atoms with Crippen molar-refractivity contribution in [1.82, 2.24) is 0 Å². The van der Waals surface area contributed by atoms with E-state index in [2.05, 4.69) is 61.5 Å². The van der Waals surface area contributed by atoms with Gasteiger partial charge in [0.05, 0.1) is 12.2 Å². The average molecular weight is 421 g/mol. The van der Waals surface area contributed by atoms with Crippen LogP contribution in [0.25, 0.3) is 22.3 Å². The summed E-state index contributed by atoms with van der Waals surface area (Å²) in [5, 5.41) is 9.57. The normalized spacial score (nSPS) is 15.0. The molecular weight excluding hydrogens is 396 g/mol. The number of ether oxygens (including phenoxy) is 1. The molecule has 1 atom stereocenters. The number of carboxylic acids is 1. The summed E-state index contributed by atoms with van der Waals surface area (Å²) in [6.07, 6.45) is 0.857. The van der Waals surface area contributed by atoms with Crippen LogP contribution in [0.3, 0.4) is 0 Å². The number of carbonyl (C=O) groups is 1. The summed E-state index contributed by atoms with van der Waals surface area (Å²) in [5.41, 5.74) is 7.98. The second-order valence-corrected chi connectivity index (χ2v) is 8.38. The monoisotopic (exact) mass is 420 g/mol. The first-order chi connectivity index (χ1) is 15.6. The number of hydrogen-bond donors (Lipinski definition) is 1. The van der Waals surface area contributed by atoms with Crippen LogP contribution in [-0.2, 0) is 6.42 Å². The second-order valence-electron chi connectivity index (χ2n) is 8.38. The zero-order valence-corrected chi connectivity index (χ0v) is 17.9. The molecule has 4 aromatic carbocycles. The van der Waals surface area contributed by atoms with Gasteiger partial charge in [0, 0.05) is 5.92 Å². The molecule has 0 aromatic heterocycles. The fourth-order valence-corrected chi connectivity index (χ4v) is 4.49. The maximum absolute atomic E-state index is 11.7. The molecule has 0 aliphatic carbocycles. The van der Waals surface area contributed by atoms with E-state index in [4.69, 9.17) is 4.74 Å². The summed E-state index contributed by atoms with van der Waals surface area (Å²) in [6, 6.07) is 30.4. The van der Waals surface area contributed by atoms with E-state index in [9.17, 15) is 9.90 Å². The molecule has 0 spiro atoms. The van der Waals surface area contributed by atoms with Crippen molar-refractivity contribution in [2.45, 2.75) is 19.3 Å². The van der Waals surface area contributed by atoms with E-state index in [0.717, 1.165) is 28.9 Å². The van der Waals surface area contributed by atoms with Crippen molar-refractivity contribution in [1.29, 1.82) is 0 Å². The third-order valence-corrected chi connectivity index (χ3v) is 6.14. The number of fused-ring (bicyclic) bond motifs is 1. The molecule has 32 heavy (non-hydrogen) atoms.